The standard InChI is InChI=1S/C25H30N2O3S/c1-4-6-10-15-30-20-14-13-19(16-21(20)29-5-2)23-22(17(3)26-25(31)27-23)24(28)18-11-8-7-9-12-18/h7-9,11-14,16,23H,4-6,10,15H2,1-3H3,(H2,26,27,31). The van der Waals surface area contributed by atoms with Gasteiger partial charge in [-0.25, -0.2) is 0 Å². The predicted molar refractivity (Wildman–Crippen MR) is 128 cm³/mol. The maximum Gasteiger partial charge on any atom is 0.193 e. The van der Waals surface area contributed by atoms with Crippen molar-refractivity contribution in [3.8, 4) is 11.5 Å². The number of benzene rings is 2. The highest BCUT2D eigenvalue weighted by Crippen LogP contribution is 2.35. The number of ether oxygens (including phenoxy) is 2. The van der Waals surface area contributed by atoms with E-state index in [9.17, 15) is 4.79 Å². The minimum absolute atomic E-state index is 0.0385. The maximum atomic E-state index is 13.3. The van der Waals surface area contributed by atoms with E-state index in [0.717, 1.165) is 36.3 Å². The number of hydrogen-bond acceptors (Lipinski definition) is 4. The summed E-state index contributed by atoms with van der Waals surface area (Å²) in [4.78, 5) is 13.3. The summed E-state index contributed by atoms with van der Waals surface area (Å²) in [7, 11) is 0. The van der Waals surface area contributed by atoms with Crippen LogP contribution in [0.5, 0.6) is 11.5 Å². The third kappa shape index (κ3) is 5.64. The van der Waals surface area contributed by atoms with Gasteiger partial charge < -0.3 is 20.1 Å². The minimum atomic E-state index is -0.380. The number of allylic oxidation sites excluding steroid dienone is 1. The Labute approximate surface area is 189 Å². The molecular weight excluding hydrogens is 408 g/mol. The summed E-state index contributed by atoms with van der Waals surface area (Å²) < 4.78 is 11.8. The summed E-state index contributed by atoms with van der Waals surface area (Å²) in [6, 6.07) is 14.7. The molecule has 6 heteroatoms. The molecule has 1 heterocycles. The van der Waals surface area contributed by atoms with E-state index in [-0.39, 0.29) is 11.8 Å². The molecule has 0 amide bonds. The normalized spacial score (nSPS) is 15.8. The highest BCUT2D eigenvalue weighted by Gasteiger charge is 2.31. The van der Waals surface area contributed by atoms with Gasteiger partial charge in [0.05, 0.1) is 19.3 Å². The Morgan fingerprint density at radius 2 is 1.81 bits per heavy atom. The van der Waals surface area contributed by atoms with Crippen molar-refractivity contribution in [2.24, 2.45) is 0 Å². The van der Waals surface area contributed by atoms with Crippen LogP contribution in [0.4, 0.5) is 0 Å². The molecule has 1 unspecified atom stereocenters. The molecule has 0 saturated heterocycles. The fourth-order valence-electron chi connectivity index (χ4n) is 3.62. The van der Waals surface area contributed by atoms with Crippen molar-refractivity contribution in [2.75, 3.05) is 13.2 Å². The van der Waals surface area contributed by atoms with Gasteiger partial charge in [0.2, 0.25) is 0 Å². The summed E-state index contributed by atoms with van der Waals surface area (Å²) in [6.45, 7) is 7.17. The Kier molecular flexibility index (Phi) is 8.06. The van der Waals surface area contributed by atoms with Crippen LogP contribution in [-0.2, 0) is 0 Å². The highest BCUT2D eigenvalue weighted by molar-refractivity contribution is 7.80. The Bertz CT molecular complexity index is 956. The van der Waals surface area contributed by atoms with Crippen molar-refractivity contribution < 1.29 is 14.3 Å². The number of carbonyl (C=O) groups excluding carboxylic acids is 1. The Balaban J connectivity index is 1.94. The smallest absolute Gasteiger partial charge is 0.193 e. The van der Waals surface area contributed by atoms with Crippen LogP contribution < -0.4 is 20.1 Å². The number of thiocarbonyl (C=S) groups is 1. The van der Waals surface area contributed by atoms with Gasteiger partial charge in [-0.15, -0.1) is 0 Å². The van der Waals surface area contributed by atoms with E-state index < -0.39 is 0 Å². The molecule has 1 aliphatic heterocycles. The number of Topliss-reactive ketones (excluding diaryl/α,β-unsaturated/α-hetero) is 1. The van der Waals surface area contributed by atoms with E-state index in [0.29, 0.717) is 35.2 Å². The third-order valence-electron chi connectivity index (χ3n) is 5.16. The van der Waals surface area contributed by atoms with Gasteiger partial charge in [0.15, 0.2) is 22.4 Å². The van der Waals surface area contributed by atoms with Crippen molar-refractivity contribution in [1.82, 2.24) is 10.6 Å². The molecule has 5 nitrogen and oxygen atoms in total. The number of unbranched alkanes of at least 4 members (excludes halogenated alkanes) is 2. The molecule has 0 bridgehead atoms. The van der Waals surface area contributed by atoms with Gasteiger partial charge in [-0.2, -0.15) is 0 Å². The van der Waals surface area contributed by atoms with Crippen LogP contribution in [0.3, 0.4) is 0 Å². The average Bonchev–Trinajstić information content (AvgIpc) is 2.77. The van der Waals surface area contributed by atoms with Crippen molar-refractivity contribution >= 4 is 23.1 Å². The Morgan fingerprint density at radius 3 is 2.52 bits per heavy atom. The number of rotatable bonds is 10. The quantitative estimate of drug-likeness (QED) is 0.297. The molecule has 2 N–H and O–H groups in total. The zero-order chi connectivity index (χ0) is 22.2. The van der Waals surface area contributed by atoms with Gasteiger partial charge in [0.25, 0.3) is 0 Å². The summed E-state index contributed by atoms with van der Waals surface area (Å²) in [5, 5.41) is 6.84. The fraction of sp³-hybridized carbons (Fsp3) is 0.360. The highest BCUT2D eigenvalue weighted by atomic mass is 32.1. The SMILES string of the molecule is CCCCCOc1ccc(C2NC(=S)NC(C)=C2C(=O)c2ccccc2)cc1OCC. The van der Waals surface area contributed by atoms with Gasteiger partial charge >= 0.3 is 0 Å². The van der Waals surface area contributed by atoms with Gasteiger partial charge in [0, 0.05) is 16.8 Å². The molecule has 0 spiro atoms. The molecule has 0 radical (unpaired) electrons. The van der Waals surface area contributed by atoms with Crippen LogP contribution in [-0.4, -0.2) is 24.1 Å². The van der Waals surface area contributed by atoms with E-state index in [4.69, 9.17) is 21.7 Å². The molecule has 1 atom stereocenters. The summed E-state index contributed by atoms with van der Waals surface area (Å²) in [6.07, 6.45) is 3.28. The molecule has 0 saturated carbocycles. The molecule has 0 aliphatic carbocycles. The third-order valence-corrected chi connectivity index (χ3v) is 5.38. The Morgan fingerprint density at radius 1 is 1.03 bits per heavy atom. The second-order valence-electron chi connectivity index (χ2n) is 7.46. The van der Waals surface area contributed by atoms with Gasteiger partial charge in [-0.05, 0) is 50.2 Å². The zero-order valence-electron chi connectivity index (χ0n) is 18.4. The lowest BCUT2D eigenvalue weighted by molar-refractivity contribution is 0.102. The average molecular weight is 439 g/mol. The maximum absolute atomic E-state index is 13.3. The van der Waals surface area contributed by atoms with E-state index in [1.54, 1.807) is 0 Å². The van der Waals surface area contributed by atoms with Gasteiger partial charge in [-0.3, -0.25) is 4.79 Å². The molecule has 2 aromatic rings. The first-order chi connectivity index (χ1) is 15.0. The molecular formula is C25H30N2O3S. The lowest BCUT2D eigenvalue weighted by Gasteiger charge is -2.30. The summed E-state index contributed by atoms with van der Waals surface area (Å²) in [5.74, 6) is 1.35. The molecule has 0 fully saturated rings. The van der Waals surface area contributed by atoms with Crippen molar-refractivity contribution in [1.29, 1.82) is 0 Å². The van der Waals surface area contributed by atoms with E-state index in [2.05, 4.69) is 17.6 Å². The first-order valence-corrected chi connectivity index (χ1v) is 11.2. The van der Waals surface area contributed by atoms with Crippen LogP contribution >= 0.6 is 12.2 Å². The largest absolute Gasteiger partial charge is 0.490 e. The molecule has 1 aliphatic rings. The predicted octanol–water partition coefficient (Wildman–Crippen LogP) is 5.33. The van der Waals surface area contributed by atoms with Gasteiger partial charge in [0.1, 0.15) is 0 Å². The fourth-order valence-corrected chi connectivity index (χ4v) is 3.89. The first-order valence-electron chi connectivity index (χ1n) is 10.8. The van der Waals surface area contributed by atoms with Crippen molar-refractivity contribution in [3.63, 3.8) is 0 Å². The van der Waals surface area contributed by atoms with Crippen LogP contribution in [0.25, 0.3) is 0 Å². The van der Waals surface area contributed by atoms with Crippen molar-refractivity contribution in [3.05, 3.63) is 70.9 Å². The number of ketones is 1. The topological polar surface area (TPSA) is 59.6 Å². The van der Waals surface area contributed by atoms with Crippen LogP contribution in [0.2, 0.25) is 0 Å². The Hall–Kier alpha value is -2.86. The van der Waals surface area contributed by atoms with Crippen molar-refractivity contribution in [2.45, 2.75) is 46.1 Å². The molecule has 3 rings (SSSR count). The number of carbonyl (C=O) groups is 1. The summed E-state index contributed by atoms with van der Waals surface area (Å²) >= 11 is 5.38. The van der Waals surface area contributed by atoms with Crippen LogP contribution in [0.15, 0.2) is 59.8 Å². The second-order valence-corrected chi connectivity index (χ2v) is 7.87. The molecule has 31 heavy (non-hydrogen) atoms. The number of nitrogens with one attached hydrogen (secondary N) is 2. The van der Waals surface area contributed by atoms with E-state index in [1.165, 1.54) is 0 Å². The van der Waals surface area contributed by atoms with Gasteiger partial charge in [-0.1, -0.05) is 56.2 Å². The monoisotopic (exact) mass is 438 g/mol. The summed E-state index contributed by atoms with van der Waals surface area (Å²) in [5.41, 5.74) is 2.92. The molecule has 164 valence electrons. The first kappa shape index (κ1) is 22.8. The van der Waals surface area contributed by atoms with Crippen LogP contribution in [0.1, 0.15) is 62.0 Å². The van der Waals surface area contributed by atoms with E-state index in [1.807, 2.05) is 62.4 Å². The molecule has 2 aromatic carbocycles. The van der Waals surface area contributed by atoms with Crippen LogP contribution in [0, 0.1) is 0 Å². The lowest BCUT2D eigenvalue weighted by atomic mass is 9.89. The lowest BCUT2D eigenvalue weighted by Crippen LogP contribution is -2.44. The van der Waals surface area contributed by atoms with E-state index >= 15 is 0 Å². The molecule has 0 aromatic heterocycles. The minimum Gasteiger partial charge on any atom is -0.490 e. The zero-order valence-corrected chi connectivity index (χ0v) is 19.2. The second kappa shape index (κ2) is 11.0. The number of hydrogen-bond donors (Lipinski definition) is 2.